The molecule has 0 bridgehead atoms. The SMILES string of the molecule is CCCCCCCCCCCCCCCCCC[N+](C)(C)CCC[Si](OCC(CO)(CO)NCC(O)CS(=O)(=O)O)(OCC(CO)(CO)NCC(O)CS(=O)(=O)O)OCC(CO)(CO)NCC(O)CS(=O)(=O)OO. The van der Waals surface area contributed by atoms with Gasteiger partial charge in [-0.25, -0.2) is 5.26 Å². The van der Waals surface area contributed by atoms with Gasteiger partial charge in [0.05, 0.1) is 122 Å². The molecule has 0 aromatic rings. The summed E-state index contributed by atoms with van der Waals surface area (Å²) in [6.07, 6.45) is 14.5. The highest BCUT2D eigenvalue weighted by atomic mass is 32.2. The van der Waals surface area contributed by atoms with Crippen LogP contribution in [0.2, 0.25) is 6.04 Å². The fraction of sp³-hybridized carbons (Fsp3) is 1.00. The third kappa shape index (κ3) is 34.3. The van der Waals surface area contributed by atoms with E-state index in [1.54, 1.807) is 0 Å². The number of rotatable bonds is 52. The first-order valence-electron chi connectivity index (χ1n) is 25.8. The molecular formula is C44H97N4O22S3Si+. The molecule has 0 amide bonds. The van der Waals surface area contributed by atoms with Crippen molar-refractivity contribution >= 4 is 39.2 Å². The van der Waals surface area contributed by atoms with E-state index >= 15 is 0 Å². The highest BCUT2D eigenvalue weighted by Gasteiger charge is 2.49. The number of aliphatic hydroxyl groups is 9. The van der Waals surface area contributed by atoms with E-state index in [2.05, 4.69) is 27.2 Å². The molecule has 0 saturated carbocycles. The lowest BCUT2D eigenvalue weighted by Crippen LogP contribution is -2.64. The first-order valence-corrected chi connectivity index (χ1v) is 32.5. The van der Waals surface area contributed by atoms with Crippen LogP contribution in [-0.4, -0.2) is 257 Å². The smallest absolute Gasteiger partial charge is 0.394 e. The molecule has 0 spiro atoms. The minimum atomic E-state index is -4.67. The first kappa shape index (κ1) is 73.3. The Balaban J connectivity index is 6.66. The van der Waals surface area contributed by atoms with Crippen LogP contribution < -0.4 is 16.0 Å². The molecule has 3 unspecified atom stereocenters. The highest BCUT2D eigenvalue weighted by Crippen LogP contribution is 2.26. The summed E-state index contributed by atoms with van der Waals surface area (Å²) in [5.41, 5.74) is -5.75. The number of β-amino-alcohol motifs (C(OH)–C–C–N with tert-alkyl or cyclic N) is 3. The van der Waals surface area contributed by atoms with Gasteiger partial charge in [-0.2, -0.15) is 25.3 Å². The Hall–Kier alpha value is -0.733. The zero-order valence-electron chi connectivity index (χ0n) is 44.1. The quantitative estimate of drug-likeness (QED) is 0.00808. The van der Waals surface area contributed by atoms with E-state index in [9.17, 15) is 80.3 Å². The average Bonchev–Trinajstić information content (AvgIpc) is 3.33. The van der Waals surface area contributed by atoms with Gasteiger partial charge in [0.15, 0.2) is 0 Å². The van der Waals surface area contributed by atoms with E-state index in [1.807, 2.05) is 14.1 Å². The van der Waals surface area contributed by atoms with Gasteiger partial charge in [0.1, 0.15) is 17.3 Å². The van der Waals surface area contributed by atoms with E-state index in [0.29, 0.717) is 11.0 Å². The van der Waals surface area contributed by atoms with Crippen LogP contribution in [0.3, 0.4) is 0 Å². The lowest BCUT2D eigenvalue weighted by molar-refractivity contribution is -0.890. The summed E-state index contributed by atoms with van der Waals surface area (Å²) in [5, 5.41) is 111. The monoisotopic (exact) mass is 1160 g/mol. The highest BCUT2D eigenvalue weighted by molar-refractivity contribution is 7.86. The maximum Gasteiger partial charge on any atom is 0.501 e. The van der Waals surface area contributed by atoms with Crippen LogP contribution in [0.5, 0.6) is 0 Å². The van der Waals surface area contributed by atoms with Crippen molar-refractivity contribution in [3.8, 4) is 0 Å². The molecule has 74 heavy (non-hydrogen) atoms. The van der Waals surface area contributed by atoms with Crippen LogP contribution in [0, 0.1) is 0 Å². The second kappa shape index (κ2) is 38.0. The van der Waals surface area contributed by atoms with Gasteiger partial charge in [0, 0.05) is 32.1 Å². The summed E-state index contributed by atoms with van der Waals surface area (Å²) in [5.74, 6) is -3.35. The molecule has 0 fully saturated rings. The van der Waals surface area contributed by atoms with Crippen LogP contribution in [0.15, 0.2) is 0 Å². The van der Waals surface area contributed by atoms with Gasteiger partial charge in [-0.15, -0.1) is 4.33 Å². The van der Waals surface area contributed by atoms with Crippen LogP contribution >= 0.6 is 0 Å². The van der Waals surface area contributed by atoms with Gasteiger partial charge in [-0.05, 0) is 12.8 Å². The average molecular weight is 1160 g/mol. The van der Waals surface area contributed by atoms with E-state index in [-0.39, 0.29) is 12.5 Å². The normalized spacial score (nSPS) is 15.6. The van der Waals surface area contributed by atoms with Crippen LogP contribution in [0.25, 0.3) is 0 Å². The second-order valence-electron chi connectivity index (χ2n) is 20.5. The second-order valence-corrected chi connectivity index (χ2v) is 27.9. The molecule has 3 atom stereocenters. The minimum absolute atomic E-state index is 0.147. The predicted molar refractivity (Wildman–Crippen MR) is 277 cm³/mol. The van der Waals surface area contributed by atoms with Crippen molar-refractivity contribution in [2.45, 2.75) is 157 Å². The van der Waals surface area contributed by atoms with Crippen molar-refractivity contribution in [2.75, 3.05) is 124 Å². The zero-order valence-corrected chi connectivity index (χ0v) is 47.6. The Morgan fingerprint density at radius 2 is 0.757 bits per heavy atom. The maximum atomic E-state index is 11.8. The number of hydrogen-bond acceptors (Lipinski definition) is 23. The van der Waals surface area contributed by atoms with Gasteiger partial charge in [-0.1, -0.05) is 96.8 Å². The van der Waals surface area contributed by atoms with E-state index < -0.39 is 170 Å². The molecule has 30 heteroatoms. The third-order valence-corrected chi connectivity index (χ3v) is 18.2. The number of nitrogens with one attached hydrogen (secondary N) is 3. The van der Waals surface area contributed by atoms with Crippen LogP contribution in [0.4, 0.5) is 0 Å². The lowest BCUT2D eigenvalue weighted by atomic mass is 10.0. The van der Waals surface area contributed by atoms with Gasteiger partial charge < -0.3 is 79.7 Å². The summed E-state index contributed by atoms with van der Waals surface area (Å²) < 4.78 is 111. The first-order chi connectivity index (χ1) is 34.6. The molecule has 0 aromatic heterocycles. The Labute approximate surface area is 441 Å². The number of hydrogen-bond donors (Lipinski definition) is 15. The number of aliphatic hydroxyl groups excluding tert-OH is 9. The molecule has 0 saturated heterocycles. The predicted octanol–water partition coefficient (Wildman–Crippen LogP) is -1.68. The van der Waals surface area contributed by atoms with Gasteiger partial charge >= 0.3 is 8.80 Å². The molecule has 15 N–H and O–H groups in total. The van der Waals surface area contributed by atoms with E-state index in [4.69, 9.17) is 18.5 Å². The summed E-state index contributed by atoms with van der Waals surface area (Å²) in [6, 6.07) is -0.147. The lowest BCUT2D eigenvalue weighted by Gasteiger charge is -2.41. The number of quaternary nitrogens is 1. The van der Waals surface area contributed by atoms with Crippen LogP contribution in [-0.2, 0) is 48.0 Å². The molecule has 0 aliphatic carbocycles. The Bertz CT molecular complexity index is 1700. The number of nitrogens with zero attached hydrogens (tertiary/aromatic N) is 1. The van der Waals surface area contributed by atoms with Gasteiger partial charge in [0.25, 0.3) is 30.4 Å². The molecule has 0 aliphatic heterocycles. The topological polar surface area (TPSA) is 418 Å². The Kier molecular flexibility index (Phi) is 37.6. The van der Waals surface area contributed by atoms with Gasteiger partial charge in [-0.3, -0.25) is 9.11 Å². The van der Waals surface area contributed by atoms with E-state index in [0.717, 1.165) is 32.2 Å². The molecule has 0 rings (SSSR count). The third-order valence-electron chi connectivity index (χ3n) is 12.8. The molecular weight excluding hydrogens is 1060 g/mol. The van der Waals surface area contributed by atoms with Crippen LogP contribution in [0.1, 0.15) is 116 Å². The summed E-state index contributed by atoms with van der Waals surface area (Å²) >= 11 is 0. The summed E-state index contributed by atoms with van der Waals surface area (Å²) in [6.45, 7) is -6.31. The Morgan fingerprint density at radius 3 is 1.04 bits per heavy atom. The van der Waals surface area contributed by atoms with Gasteiger partial charge in [0.2, 0.25) is 0 Å². The molecule has 0 heterocycles. The van der Waals surface area contributed by atoms with Crippen molar-refractivity contribution in [2.24, 2.45) is 0 Å². The molecule has 0 aliphatic rings. The zero-order chi connectivity index (χ0) is 56.4. The fourth-order valence-corrected chi connectivity index (χ4v) is 12.5. The number of unbranched alkanes of at least 4 members (excludes halogenated alkanes) is 15. The standard InChI is InChI=1S/C44H96N4O22S3Si/c1-4-5-6-7-8-9-10-11-12-13-14-15-16-17-18-19-21-48(2,3)22-20-23-74(67-36-42(30-49,31-50)45-24-39(55)27-71(59,60)61,68-37-43(32-51,33-52)46-25-40(56)28-72(62,63)64)69-38-44(34-53,35-54)47-26-41(57)29-73(65,66)70-58/h39-41,45-47,49-57H,4-38H2,1-3H3,(H2-,58,59,60,61,62,63,64)/p+1. The fourth-order valence-electron chi connectivity index (χ4n) is 7.85. The molecule has 0 radical (unpaired) electrons. The minimum Gasteiger partial charge on any atom is -0.394 e. The van der Waals surface area contributed by atoms with Crippen molar-refractivity contribution in [1.82, 2.24) is 16.0 Å². The molecule has 446 valence electrons. The summed E-state index contributed by atoms with van der Waals surface area (Å²) in [4.78, 5) is 0. The van der Waals surface area contributed by atoms with E-state index in [1.165, 1.54) is 77.0 Å². The van der Waals surface area contributed by atoms with Crippen molar-refractivity contribution in [3.63, 3.8) is 0 Å². The summed E-state index contributed by atoms with van der Waals surface area (Å²) in [7, 11) is -14.5. The van der Waals surface area contributed by atoms with Crippen molar-refractivity contribution < 1.29 is 108 Å². The van der Waals surface area contributed by atoms with Crippen molar-refractivity contribution in [3.05, 3.63) is 0 Å². The Morgan fingerprint density at radius 1 is 0.473 bits per heavy atom. The maximum absolute atomic E-state index is 11.8. The largest absolute Gasteiger partial charge is 0.501 e. The molecule has 26 nitrogen and oxygen atoms in total. The molecule has 0 aromatic carbocycles. The van der Waals surface area contributed by atoms with Crippen molar-refractivity contribution in [1.29, 1.82) is 0 Å².